The molecular formula is C8H6. The fraction of sp³-hybridized carbons (Fsp3) is 0. The van der Waals surface area contributed by atoms with Crippen LogP contribution in [-0.4, -0.2) is 0 Å². The zero-order chi connectivity index (χ0) is 5.82. The summed E-state index contributed by atoms with van der Waals surface area (Å²) in [6.45, 7) is 3.60. The fourth-order valence-electron chi connectivity index (χ4n) is 0.486. The summed E-state index contributed by atoms with van der Waals surface area (Å²) in [7, 11) is 0. The van der Waals surface area contributed by atoms with E-state index in [9.17, 15) is 0 Å². The van der Waals surface area contributed by atoms with E-state index in [0.29, 0.717) is 0 Å². The zero-order valence-electron chi connectivity index (χ0n) is 4.52. The lowest BCUT2D eigenvalue weighted by Crippen LogP contribution is -1.65. The topological polar surface area (TPSA) is 0 Å². The van der Waals surface area contributed by atoms with Gasteiger partial charge in [-0.3, -0.25) is 0 Å². The highest BCUT2D eigenvalue weighted by Gasteiger charge is 1.76. The smallest absolute Gasteiger partial charge is 0.00928 e. The predicted octanol–water partition coefficient (Wildman–Crippen LogP) is 1.93. The maximum atomic E-state index is 3.60. The molecule has 0 aliphatic carbocycles. The lowest BCUT2D eigenvalue weighted by molar-refractivity contribution is 1.64. The lowest BCUT2D eigenvalue weighted by atomic mass is 10.2. The minimum absolute atomic E-state index is 1.09. The quantitative estimate of drug-likeness (QED) is 0.508. The summed E-state index contributed by atoms with van der Waals surface area (Å²) in [5, 5.41) is 0. The summed E-state index contributed by atoms with van der Waals surface area (Å²) < 4.78 is 0. The van der Waals surface area contributed by atoms with Crippen LogP contribution in [-0.2, 0) is 0 Å². The van der Waals surface area contributed by atoms with Gasteiger partial charge in [0.1, 0.15) is 0 Å². The maximum Gasteiger partial charge on any atom is -0.00928 e. The van der Waals surface area contributed by atoms with Gasteiger partial charge in [0.15, 0.2) is 0 Å². The van der Waals surface area contributed by atoms with Crippen molar-refractivity contribution in [1.82, 2.24) is 0 Å². The molecule has 0 saturated carbocycles. The van der Waals surface area contributed by atoms with Crippen molar-refractivity contribution in [3.63, 3.8) is 0 Å². The standard InChI is InChI=1S/C8H6/c1-2-8-6-4-3-5-7-8/h2,4,6-7H,1H2. The maximum absolute atomic E-state index is 3.60. The molecule has 8 heavy (non-hydrogen) atoms. The molecule has 38 valence electrons. The zero-order valence-corrected chi connectivity index (χ0v) is 4.52. The molecule has 0 unspecified atom stereocenters. The van der Waals surface area contributed by atoms with Gasteiger partial charge in [0.25, 0.3) is 0 Å². The molecule has 0 nitrogen and oxygen atoms in total. The highest BCUT2D eigenvalue weighted by Crippen LogP contribution is 1.96. The number of hydrogen-bond donors (Lipinski definition) is 0. The second-order valence-electron chi connectivity index (χ2n) is 1.47. The van der Waals surface area contributed by atoms with Crippen molar-refractivity contribution in [2.45, 2.75) is 0 Å². The third-order valence-electron chi connectivity index (χ3n) is 0.917. The van der Waals surface area contributed by atoms with Gasteiger partial charge in [-0.05, 0) is 23.8 Å². The number of benzene rings is 1. The van der Waals surface area contributed by atoms with Gasteiger partial charge < -0.3 is 0 Å². The van der Waals surface area contributed by atoms with Gasteiger partial charge in [0.05, 0.1) is 0 Å². The molecule has 0 spiro atoms. The summed E-state index contributed by atoms with van der Waals surface area (Å²) in [6, 6.07) is 11.2. The first-order chi connectivity index (χ1) is 3.93. The second-order valence-corrected chi connectivity index (χ2v) is 1.47. The summed E-state index contributed by atoms with van der Waals surface area (Å²) in [5.74, 6) is 0. The van der Waals surface area contributed by atoms with Crippen molar-refractivity contribution in [3.05, 3.63) is 42.5 Å². The van der Waals surface area contributed by atoms with E-state index in [4.69, 9.17) is 0 Å². The van der Waals surface area contributed by atoms with Crippen LogP contribution in [0, 0.1) is 12.1 Å². The fourth-order valence-corrected chi connectivity index (χ4v) is 0.486. The largest absolute Gasteiger partial charge is 0.0985 e. The van der Waals surface area contributed by atoms with E-state index < -0.39 is 0 Å². The third kappa shape index (κ3) is 0.969. The molecule has 0 aliphatic heterocycles. The van der Waals surface area contributed by atoms with Crippen LogP contribution < -0.4 is 0 Å². The molecular weight excluding hydrogens is 96.1 g/mol. The van der Waals surface area contributed by atoms with Gasteiger partial charge >= 0.3 is 0 Å². The molecule has 0 amide bonds. The van der Waals surface area contributed by atoms with E-state index in [2.05, 4.69) is 18.7 Å². The summed E-state index contributed by atoms with van der Waals surface area (Å²) in [6.07, 6.45) is 1.78. The second kappa shape index (κ2) is 2.31. The van der Waals surface area contributed by atoms with Gasteiger partial charge in [-0.1, -0.05) is 24.8 Å². The Kier molecular flexibility index (Phi) is 1.48. The van der Waals surface area contributed by atoms with Gasteiger partial charge in [0, 0.05) is 0 Å². The van der Waals surface area contributed by atoms with Crippen LogP contribution in [0.15, 0.2) is 24.8 Å². The van der Waals surface area contributed by atoms with Crippen molar-refractivity contribution in [1.29, 1.82) is 0 Å². The minimum Gasteiger partial charge on any atom is -0.0985 e. The molecule has 0 atom stereocenters. The molecule has 0 aromatic heterocycles. The Bertz CT molecular complexity index is 163. The van der Waals surface area contributed by atoms with Crippen molar-refractivity contribution < 1.29 is 0 Å². The Labute approximate surface area is 49.5 Å². The van der Waals surface area contributed by atoms with Crippen molar-refractivity contribution in [3.8, 4) is 0 Å². The SMILES string of the molecule is C=Cc1c[c][c]cc1. The Balaban J connectivity index is 2.99. The highest BCUT2D eigenvalue weighted by atomic mass is 13.8. The first-order valence-corrected chi connectivity index (χ1v) is 2.43. The molecule has 0 bridgehead atoms. The van der Waals surface area contributed by atoms with Crippen molar-refractivity contribution >= 4 is 6.08 Å². The van der Waals surface area contributed by atoms with Crippen LogP contribution in [0.5, 0.6) is 0 Å². The molecule has 1 aromatic carbocycles. The Morgan fingerprint density at radius 2 is 2.38 bits per heavy atom. The van der Waals surface area contributed by atoms with Crippen LogP contribution in [0.3, 0.4) is 0 Å². The highest BCUT2D eigenvalue weighted by molar-refractivity contribution is 5.45. The predicted molar refractivity (Wildman–Crippen MR) is 34.2 cm³/mol. The van der Waals surface area contributed by atoms with E-state index >= 15 is 0 Å². The van der Waals surface area contributed by atoms with Crippen molar-refractivity contribution in [2.24, 2.45) is 0 Å². The van der Waals surface area contributed by atoms with E-state index in [1.807, 2.05) is 18.2 Å². The molecule has 1 aromatic rings. The monoisotopic (exact) mass is 102 g/mol. The number of rotatable bonds is 1. The molecule has 0 heterocycles. The summed E-state index contributed by atoms with van der Waals surface area (Å²) in [5.41, 5.74) is 1.09. The van der Waals surface area contributed by atoms with Gasteiger partial charge in [-0.25, -0.2) is 0 Å². The molecule has 0 heteroatoms. The van der Waals surface area contributed by atoms with Crippen LogP contribution in [0.25, 0.3) is 6.08 Å². The average Bonchev–Trinajstić information content (AvgIpc) is 1.90. The average molecular weight is 102 g/mol. The first kappa shape index (κ1) is 5.10. The summed E-state index contributed by atoms with van der Waals surface area (Å²) >= 11 is 0. The van der Waals surface area contributed by atoms with Crippen molar-refractivity contribution in [2.75, 3.05) is 0 Å². The summed E-state index contributed by atoms with van der Waals surface area (Å²) in [4.78, 5) is 0. The molecule has 1 rings (SSSR count). The van der Waals surface area contributed by atoms with Crippen LogP contribution in [0.4, 0.5) is 0 Å². The third-order valence-corrected chi connectivity index (χ3v) is 0.917. The normalized spacial score (nSPS) is 8.50. The van der Waals surface area contributed by atoms with E-state index in [1.54, 1.807) is 6.08 Å². The van der Waals surface area contributed by atoms with E-state index in [1.165, 1.54) is 0 Å². The van der Waals surface area contributed by atoms with Gasteiger partial charge in [-0.15, -0.1) is 0 Å². The lowest BCUT2D eigenvalue weighted by Gasteiger charge is -1.84. The van der Waals surface area contributed by atoms with E-state index in [0.717, 1.165) is 5.56 Å². The molecule has 0 N–H and O–H groups in total. The molecule has 0 fully saturated rings. The Hall–Kier alpha value is -1.04. The van der Waals surface area contributed by atoms with Gasteiger partial charge in [-0.2, -0.15) is 0 Å². The first-order valence-electron chi connectivity index (χ1n) is 2.43. The minimum atomic E-state index is 1.09. The van der Waals surface area contributed by atoms with Crippen LogP contribution in [0.1, 0.15) is 5.56 Å². The van der Waals surface area contributed by atoms with Crippen LogP contribution in [0.2, 0.25) is 0 Å². The van der Waals surface area contributed by atoms with E-state index in [-0.39, 0.29) is 0 Å². The molecule has 0 saturated heterocycles. The van der Waals surface area contributed by atoms with Gasteiger partial charge in [0.2, 0.25) is 0 Å². The van der Waals surface area contributed by atoms with Crippen LogP contribution >= 0.6 is 0 Å². The Morgan fingerprint density at radius 3 is 2.75 bits per heavy atom. The Morgan fingerprint density at radius 1 is 1.50 bits per heavy atom. The molecule has 0 aliphatic rings. The molecule has 2 radical (unpaired) electrons. The number of hydrogen-bond acceptors (Lipinski definition) is 0.